The lowest BCUT2D eigenvalue weighted by molar-refractivity contribution is 0.319. The third kappa shape index (κ3) is 3.62. The summed E-state index contributed by atoms with van der Waals surface area (Å²) in [6.45, 7) is 3.46. The zero-order valence-electron chi connectivity index (χ0n) is 10.1. The van der Waals surface area contributed by atoms with E-state index in [2.05, 4.69) is 17.2 Å². The van der Waals surface area contributed by atoms with Crippen LogP contribution in [0.5, 0.6) is 5.75 Å². The van der Waals surface area contributed by atoms with Gasteiger partial charge in [0.1, 0.15) is 5.75 Å². The van der Waals surface area contributed by atoms with E-state index in [1.807, 2.05) is 29.1 Å². The predicted octanol–water partition coefficient (Wildman–Crippen LogP) is 4.20. The van der Waals surface area contributed by atoms with Crippen LogP contribution in [0.3, 0.4) is 0 Å². The van der Waals surface area contributed by atoms with Crippen LogP contribution in [0.4, 0.5) is 5.69 Å². The van der Waals surface area contributed by atoms with Crippen LogP contribution < -0.4 is 10.1 Å². The summed E-state index contributed by atoms with van der Waals surface area (Å²) in [5, 5.41) is 6.01. The number of anilines is 1. The molecular weight excluding hydrogens is 268 g/mol. The number of benzene rings is 1. The largest absolute Gasteiger partial charge is 0.491 e. The van der Waals surface area contributed by atoms with Gasteiger partial charge in [0.25, 0.3) is 0 Å². The zero-order chi connectivity index (χ0) is 12.8. The first-order valence-corrected chi connectivity index (χ1v) is 7.15. The second kappa shape index (κ2) is 6.61. The number of hydrogen-bond acceptors (Lipinski definition) is 4. The molecule has 2 aromatic rings. The first kappa shape index (κ1) is 13.2. The molecule has 1 heterocycles. The van der Waals surface area contributed by atoms with Gasteiger partial charge in [-0.1, -0.05) is 18.5 Å². The fourth-order valence-electron chi connectivity index (χ4n) is 1.49. The van der Waals surface area contributed by atoms with Crippen LogP contribution >= 0.6 is 22.9 Å². The van der Waals surface area contributed by atoms with E-state index in [0.29, 0.717) is 18.2 Å². The van der Waals surface area contributed by atoms with E-state index in [9.17, 15) is 0 Å². The maximum Gasteiger partial charge on any atom is 0.142 e. The monoisotopic (exact) mass is 282 g/mol. The molecule has 0 saturated carbocycles. The van der Waals surface area contributed by atoms with Gasteiger partial charge in [0.15, 0.2) is 0 Å². The van der Waals surface area contributed by atoms with Gasteiger partial charge in [-0.05, 0) is 24.6 Å². The highest BCUT2D eigenvalue weighted by Crippen LogP contribution is 2.28. The summed E-state index contributed by atoms with van der Waals surface area (Å²) in [6, 6.07) is 5.60. The molecule has 1 aromatic carbocycles. The number of halogens is 1. The lowest BCUT2D eigenvalue weighted by Gasteiger charge is -2.12. The fraction of sp³-hybridized carbons (Fsp3) is 0.308. The third-order valence-electron chi connectivity index (χ3n) is 2.35. The van der Waals surface area contributed by atoms with Crippen molar-refractivity contribution < 1.29 is 4.74 Å². The lowest BCUT2D eigenvalue weighted by Crippen LogP contribution is -2.03. The van der Waals surface area contributed by atoms with Crippen molar-refractivity contribution in [3.8, 4) is 5.75 Å². The molecule has 0 bridgehead atoms. The van der Waals surface area contributed by atoms with Crippen molar-refractivity contribution in [1.29, 1.82) is 0 Å². The Kier molecular flexibility index (Phi) is 4.84. The zero-order valence-corrected chi connectivity index (χ0v) is 11.7. The van der Waals surface area contributed by atoms with Gasteiger partial charge in [-0.2, -0.15) is 0 Å². The molecular formula is C13H15ClN2OS. The number of thiazole rings is 1. The van der Waals surface area contributed by atoms with Crippen LogP contribution in [0.1, 0.15) is 19.0 Å². The standard InChI is InChI=1S/C13H15ClN2OS/c1-2-5-17-13-4-3-10(14)6-12(13)15-7-11-8-18-9-16-11/h3-4,6,8-9,15H,2,5,7H2,1H3. The Morgan fingerprint density at radius 2 is 2.33 bits per heavy atom. The predicted molar refractivity (Wildman–Crippen MR) is 76.7 cm³/mol. The number of nitrogens with zero attached hydrogens (tertiary/aromatic N) is 1. The molecule has 0 aliphatic carbocycles. The number of hydrogen-bond donors (Lipinski definition) is 1. The van der Waals surface area contributed by atoms with E-state index in [4.69, 9.17) is 16.3 Å². The molecule has 0 aliphatic rings. The van der Waals surface area contributed by atoms with Gasteiger partial charge in [0.05, 0.1) is 30.0 Å². The number of nitrogens with one attached hydrogen (secondary N) is 1. The van der Waals surface area contributed by atoms with Crippen molar-refractivity contribution in [3.05, 3.63) is 39.8 Å². The molecule has 0 atom stereocenters. The first-order valence-electron chi connectivity index (χ1n) is 5.83. The van der Waals surface area contributed by atoms with Gasteiger partial charge in [0, 0.05) is 10.4 Å². The minimum absolute atomic E-state index is 0.673. The van der Waals surface area contributed by atoms with Crippen molar-refractivity contribution in [2.75, 3.05) is 11.9 Å². The van der Waals surface area contributed by atoms with E-state index >= 15 is 0 Å². The van der Waals surface area contributed by atoms with Crippen LogP contribution in [0.15, 0.2) is 29.1 Å². The van der Waals surface area contributed by atoms with Crippen molar-refractivity contribution in [2.24, 2.45) is 0 Å². The average molecular weight is 283 g/mol. The van der Waals surface area contributed by atoms with Crippen LogP contribution in [0, 0.1) is 0 Å². The SMILES string of the molecule is CCCOc1ccc(Cl)cc1NCc1cscn1. The average Bonchev–Trinajstić information content (AvgIpc) is 2.88. The molecule has 5 heteroatoms. The minimum Gasteiger partial charge on any atom is -0.491 e. The molecule has 0 amide bonds. The van der Waals surface area contributed by atoms with Crippen molar-refractivity contribution in [1.82, 2.24) is 4.98 Å². The minimum atomic E-state index is 0.673. The normalized spacial score (nSPS) is 10.3. The number of rotatable bonds is 6. The van der Waals surface area contributed by atoms with Crippen LogP contribution in [0.2, 0.25) is 5.02 Å². The summed E-state index contributed by atoms with van der Waals surface area (Å²) >= 11 is 7.59. The topological polar surface area (TPSA) is 34.1 Å². The highest BCUT2D eigenvalue weighted by atomic mass is 35.5. The molecule has 0 radical (unpaired) electrons. The Labute approximate surface area is 116 Å². The highest BCUT2D eigenvalue weighted by Gasteiger charge is 2.05. The van der Waals surface area contributed by atoms with Gasteiger partial charge in [-0.15, -0.1) is 11.3 Å². The van der Waals surface area contributed by atoms with Crippen LogP contribution in [-0.4, -0.2) is 11.6 Å². The second-order valence-corrected chi connectivity index (χ2v) is 4.98. The Morgan fingerprint density at radius 1 is 1.44 bits per heavy atom. The maximum absolute atomic E-state index is 6.00. The van der Waals surface area contributed by atoms with E-state index in [-0.39, 0.29) is 0 Å². The molecule has 3 nitrogen and oxygen atoms in total. The summed E-state index contributed by atoms with van der Waals surface area (Å²) in [7, 11) is 0. The van der Waals surface area contributed by atoms with Crippen molar-refractivity contribution in [3.63, 3.8) is 0 Å². The molecule has 1 N–H and O–H groups in total. The summed E-state index contributed by atoms with van der Waals surface area (Å²) in [5.41, 5.74) is 3.74. The fourth-order valence-corrected chi connectivity index (χ4v) is 2.22. The molecule has 18 heavy (non-hydrogen) atoms. The molecule has 0 fully saturated rings. The van der Waals surface area contributed by atoms with Crippen molar-refractivity contribution >= 4 is 28.6 Å². The Morgan fingerprint density at radius 3 is 3.06 bits per heavy atom. The van der Waals surface area contributed by atoms with E-state index in [1.54, 1.807) is 11.3 Å². The Bertz CT molecular complexity index is 488. The van der Waals surface area contributed by atoms with Crippen molar-refractivity contribution in [2.45, 2.75) is 19.9 Å². The molecule has 1 aromatic heterocycles. The highest BCUT2D eigenvalue weighted by molar-refractivity contribution is 7.07. The molecule has 0 spiro atoms. The number of aromatic nitrogens is 1. The van der Waals surface area contributed by atoms with Gasteiger partial charge < -0.3 is 10.1 Å². The third-order valence-corrected chi connectivity index (χ3v) is 3.22. The van der Waals surface area contributed by atoms with Crippen LogP contribution in [-0.2, 0) is 6.54 Å². The summed E-state index contributed by atoms with van der Waals surface area (Å²) in [4.78, 5) is 4.23. The molecule has 0 unspecified atom stereocenters. The summed E-state index contributed by atoms with van der Waals surface area (Å²) in [5.74, 6) is 0.830. The summed E-state index contributed by atoms with van der Waals surface area (Å²) in [6.07, 6.45) is 0.980. The molecule has 0 aliphatic heterocycles. The second-order valence-electron chi connectivity index (χ2n) is 3.82. The molecule has 2 rings (SSSR count). The first-order chi connectivity index (χ1) is 8.79. The van der Waals surface area contributed by atoms with Gasteiger partial charge in [0.2, 0.25) is 0 Å². The Balaban J connectivity index is 2.06. The van der Waals surface area contributed by atoms with Crippen LogP contribution in [0.25, 0.3) is 0 Å². The van der Waals surface area contributed by atoms with Gasteiger partial charge >= 0.3 is 0 Å². The van der Waals surface area contributed by atoms with E-state index < -0.39 is 0 Å². The molecule has 96 valence electrons. The van der Waals surface area contributed by atoms with E-state index in [0.717, 1.165) is 23.6 Å². The quantitative estimate of drug-likeness (QED) is 0.862. The Hall–Kier alpha value is -1.26. The van der Waals surface area contributed by atoms with E-state index in [1.165, 1.54) is 0 Å². The maximum atomic E-state index is 6.00. The lowest BCUT2D eigenvalue weighted by atomic mass is 10.3. The molecule has 0 saturated heterocycles. The smallest absolute Gasteiger partial charge is 0.142 e. The van der Waals surface area contributed by atoms with Gasteiger partial charge in [-0.3, -0.25) is 0 Å². The number of ether oxygens (including phenoxy) is 1. The van der Waals surface area contributed by atoms with Gasteiger partial charge in [-0.25, -0.2) is 4.98 Å². The summed E-state index contributed by atoms with van der Waals surface area (Å²) < 4.78 is 5.67.